The molecule has 0 saturated carbocycles. The van der Waals surface area contributed by atoms with Crippen LogP contribution >= 0.6 is 23.4 Å². The summed E-state index contributed by atoms with van der Waals surface area (Å²) >= 11 is 7.51. The zero-order valence-electron chi connectivity index (χ0n) is 10.0. The van der Waals surface area contributed by atoms with Crippen molar-refractivity contribution in [1.29, 1.82) is 0 Å². The molecule has 0 radical (unpaired) electrons. The molecule has 0 bridgehead atoms. The third kappa shape index (κ3) is 4.18. The highest BCUT2D eigenvalue weighted by Gasteiger charge is 2.11. The van der Waals surface area contributed by atoms with Crippen molar-refractivity contribution in [3.05, 3.63) is 59.1 Å². The van der Waals surface area contributed by atoms with Crippen molar-refractivity contribution in [2.75, 3.05) is 5.75 Å². The average molecular weight is 298 g/mol. The Labute approximate surface area is 120 Å². The van der Waals surface area contributed by atoms with Gasteiger partial charge in [0.2, 0.25) is 0 Å². The summed E-state index contributed by atoms with van der Waals surface area (Å²) < 4.78 is 13.1. The Morgan fingerprint density at radius 2 is 2.21 bits per heavy atom. The highest BCUT2D eigenvalue weighted by Crippen LogP contribution is 2.26. The van der Waals surface area contributed by atoms with Gasteiger partial charge in [-0.1, -0.05) is 17.7 Å². The molecule has 1 atom stereocenters. The van der Waals surface area contributed by atoms with Crippen LogP contribution in [0.2, 0.25) is 5.02 Å². The Kier molecular flexibility index (Phi) is 5.15. The molecule has 2 rings (SSSR count). The topological polar surface area (TPSA) is 50.9 Å². The molecule has 2 aromatic rings. The van der Waals surface area contributed by atoms with E-state index in [2.05, 4.69) is 10.4 Å². The SMILES string of the molecule is NNC(CSc1cccc(Cl)c1)c1cncc(F)c1. The minimum absolute atomic E-state index is 0.174. The van der Waals surface area contributed by atoms with Gasteiger partial charge in [0.05, 0.1) is 12.2 Å². The number of benzene rings is 1. The number of aromatic nitrogens is 1. The van der Waals surface area contributed by atoms with Crippen molar-refractivity contribution >= 4 is 23.4 Å². The predicted molar refractivity (Wildman–Crippen MR) is 76.4 cm³/mol. The molecule has 0 amide bonds. The van der Waals surface area contributed by atoms with E-state index in [9.17, 15) is 4.39 Å². The number of pyridine rings is 1. The molecular formula is C13H13ClFN3S. The second kappa shape index (κ2) is 6.86. The molecule has 0 aliphatic heterocycles. The van der Waals surface area contributed by atoms with Crippen LogP contribution in [-0.2, 0) is 0 Å². The van der Waals surface area contributed by atoms with Crippen LogP contribution < -0.4 is 11.3 Å². The summed E-state index contributed by atoms with van der Waals surface area (Å²) in [7, 11) is 0. The fourth-order valence-corrected chi connectivity index (χ4v) is 2.88. The summed E-state index contributed by atoms with van der Waals surface area (Å²) in [4.78, 5) is 4.86. The van der Waals surface area contributed by atoms with Crippen LogP contribution in [0.25, 0.3) is 0 Å². The first-order chi connectivity index (χ1) is 9.19. The molecule has 19 heavy (non-hydrogen) atoms. The van der Waals surface area contributed by atoms with E-state index in [1.165, 1.54) is 12.3 Å². The number of hydrogen-bond donors (Lipinski definition) is 2. The molecule has 0 aliphatic rings. The van der Waals surface area contributed by atoms with Gasteiger partial charge in [-0.05, 0) is 29.8 Å². The molecule has 0 aliphatic carbocycles. The lowest BCUT2D eigenvalue weighted by Gasteiger charge is -2.15. The van der Waals surface area contributed by atoms with E-state index in [4.69, 9.17) is 17.4 Å². The molecule has 0 saturated heterocycles. The molecule has 3 N–H and O–H groups in total. The lowest BCUT2D eigenvalue weighted by atomic mass is 10.1. The standard InChI is InChI=1S/C13H13ClFN3S/c14-10-2-1-3-12(5-10)19-8-13(18-16)9-4-11(15)7-17-6-9/h1-7,13,18H,8,16H2. The fourth-order valence-electron chi connectivity index (χ4n) is 1.60. The number of nitrogens with two attached hydrogens (primary N) is 1. The Morgan fingerprint density at radius 1 is 1.37 bits per heavy atom. The third-order valence-corrected chi connectivity index (χ3v) is 3.86. The van der Waals surface area contributed by atoms with E-state index < -0.39 is 0 Å². The summed E-state index contributed by atoms with van der Waals surface area (Å²) in [5, 5.41) is 0.690. The van der Waals surface area contributed by atoms with Crippen molar-refractivity contribution in [2.24, 2.45) is 5.84 Å². The number of thioether (sulfide) groups is 1. The first-order valence-corrected chi connectivity index (χ1v) is 7.00. The molecule has 1 aromatic carbocycles. The van der Waals surface area contributed by atoms with Crippen LogP contribution in [-0.4, -0.2) is 10.7 Å². The van der Waals surface area contributed by atoms with Crippen LogP contribution in [0.4, 0.5) is 4.39 Å². The van der Waals surface area contributed by atoms with E-state index in [-0.39, 0.29) is 11.9 Å². The van der Waals surface area contributed by atoms with Crippen molar-refractivity contribution in [3.63, 3.8) is 0 Å². The zero-order valence-corrected chi connectivity index (χ0v) is 11.6. The van der Waals surface area contributed by atoms with E-state index in [0.717, 1.165) is 10.5 Å². The number of rotatable bonds is 5. The molecule has 1 unspecified atom stereocenters. The molecule has 1 aromatic heterocycles. The van der Waals surface area contributed by atoms with Gasteiger partial charge < -0.3 is 0 Å². The zero-order chi connectivity index (χ0) is 13.7. The first kappa shape index (κ1) is 14.3. The van der Waals surface area contributed by atoms with Crippen LogP contribution in [0, 0.1) is 5.82 Å². The van der Waals surface area contributed by atoms with Crippen LogP contribution in [0.15, 0.2) is 47.6 Å². The maximum Gasteiger partial charge on any atom is 0.141 e. The second-order valence-electron chi connectivity index (χ2n) is 3.92. The normalized spacial score (nSPS) is 12.4. The molecule has 0 fully saturated rings. The Hall–Kier alpha value is -1.14. The average Bonchev–Trinajstić information content (AvgIpc) is 2.40. The second-order valence-corrected chi connectivity index (χ2v) is 5.45. The highest BCUT2D eigenvalue weighted by atomic mass is 35.5. The maximum atomic E-state index is 13.1. The van der Waals surface area contributed by atoms with Crippen LogP contribution in [0.1, 0.15) is 11.6 Å². The van der Waals surface area contributed by atoms with Gasteiger partial charge in [-0.15, -0.1) is 11.8 Å². The molecular weight excluding hydrogens is 285 g/mol. The Morgan fingerprint density at radius 3 is 2.89 bits per heavy atom. The first-order valence-electron chi connectivity index (χ1n) is 5.64. The number of hydrazine groups is 1. The monoisotopic (exact) mass is 297 g/mol. The van der Waals surface area contributed by atoms with Crippen molar-refractivity contribution in [1.82, 2.24) is 10.4 Å². The lowest BCUT2D eigenvalue weighted by molar-refractivity contribution is 0.585. The van der Waals surface area contributed by atoms with E-state index in [1.54, 1.807) is 18.0 Å². The van der Waals surface area contributed by atoms with Crippen molar-refractivity contribution in [3.8, 4) is 0 Å². The molecule has 0 spiro atoms. The summed E-state index contributed by atoms with van der Waals surface area (Å²) in [5.41, 5.74) is 3.39. The highest BCUT2D eigenvalue weighted by molar-refractivity contribution is 7.99. The van der Waals surface area contributed by atoms with Crippen LogP contribution in [0.3, 0.4) is 0 Å². The van der Waals surface area contributed by atoms with Crippen LogP contribution in [0.5, 0.6) is 0 Å². The van der Waals surface area contributed by atoms with E-state index in [0.29, 0.717) is 10.8 Å². The minimum Gasteiger partial charge on any atom is -0.271 e. The van der Waals surface area contributed by atoms with Gasteiger partial charge in [0.1, 0.15) is 5.82 Å². The lowest BCUT2D eigenvalue weighted by Crippen LogP contribution is -2.29. The summed E-state index contributed by atoms with van der Waals surface area (Å²) in [6.07, 6.45) is 2.77. The van der Waals surface area contributed by atoms with Gasteiger partial charge in [0.25, 0.3) is 0 Å². The van der Waals surface area contributed by atoms with E-state index in [1.807, 2.05) is 24.3 Å². The number of halogens is 2. The predicted octanol–water partition coefficient (Wildman–Crippen LogP) is 3.17. The quantitative estimate of drug-likeness (QED) is 0.506. The summed E-state index contributed by atoms with van der Waals surface area (Å²) in [6, 6.07) is 8.81. The maximum absolute atomic E-state index is 13.1. The summed E-state index contributed by atoms with van der Waals surface area (Å²) in [6.45, 7) is 0. The molecule has 3 nitrogen and oxygen atoms in total. The fraction of sp³-hybridized carbons (Fsp3) is 0.154. The van der Waals surface area contributed by atoms with Gasteiger partial charge >= 0.3 is 0 Å². The molecule has 100 valence electrons. The van der Waals surface area contributed by atoms with Gasteiger partial charge in [0.15, 0.2) is 0 Å². The van der Waals surface area contributed by atoms with E-state index >= 15 is 0 Å². The summed E-state index contributed by atoms with van der Waals surface area (Å²) in [5.74, 6) is 5.79. The number of nitrogens with one attached hydrogen (secondary N) is 1. The van der Waals surface area contributed by atoms with Gasteiger partial charge in [0, 0.05) is 21.9 Å². The number of nitrogens with zero attached hydrogens (tertiary/aromatic N) is 1. The minimum atomic E-state index is -0.370. The van der Waals surface area contributed by atoms with Gasteiger partial charge in [-0.3, -0.25) is 16.3 Å². The third-order valence-electron chi connectivity index (χ3n) is 2.54. The van der Waals surface area contributed by atoms with Gasteiger partial charge in [-0.2, -0.15) is 0 Å². The number of hydrogen-bond acceptors (Lipinski definition) is 4. The largest absolute Gasteiger partial charge is 0.271 e. The van der Waals surface area contributed by atoms with Crippen molar-refractivity contribution < 1.29 is 4.39 Å². The molecule has 1 heterocycles. The molecule has 6 heteroatoms. The smallest absolute Gasteiger partial charge is 0.141 e. The van der Waals surface area contributed by atoms with Crippen molar-refractivity contribution in [2.45, 2.75) is 10.9 Å². The Balaban J connectivity index is 2.04. The van der Waals surface area contributed by atoms with Gasteiger partial charge in [-0.25, -0.2) is 4.39 Å². The Bertz CT molecular complexity index is 553.